The zero-order chi connectivity index (χ0) is 18.9. The summed E-state index contributed by atoms with van der Waals surface area (Å²) in [5, 5.41) is 7.68. The molecule has 1 aromatic carbocycles. The fourth-order valence-electron chi connectivity index (χ4n) is 2.46. The van der Waals surface area contributed by atoms with Crippen molar-refractivity contribution < 1.29 is 9.13 Å². The van der Waals surface area contributed by atoms with Gasteiger partial charge in [0.2, 0.25) is 0 Å². The Labute approximate surface area is 158 Å². The summed E-state index contributed by atoms with van der Waals surface area (Å²) in [5.41, 5.74) is 1.19. The molecule has 1 atom stereocenters. The molecule has 0 bridgehead atoms. The normalized spacial score (nSPS) is 12.7. The Morgan fingerprint density at radius 2 is 2.04 bits per heavy atom. The molecule has 0 aliphatic heterocycles. The molecule has 2 aromatic rings. The zero-order valence-electron chi connectivity index (χ0n) is 15.8. The Hall–Kier alpha value is -2.15. The molecule has 0 saturated heterocycles. The van der Waals surface area contributed by atoms with Crippen LogP contribution in [0.5, 0.6) is 5.75 Å². The molecular formula is C19H27FN4OS. The molecular weight excluding hydrogens is 351 g/mol. The molecule has 26 heavy (non-hydrogen) atoms. The van der Waals surface area contributed by atoms with Gasteiger partial charge in [-0.15, -0.1) is 11.3 Å². The highest BCUT2D eigenvalue weighted by Gasteiger charge is 2.08. The van der Waals surface area contributed by atoms with Crippen molar-refractivity contribution in [2.75, 3.05) is 20.1 Å². The fourth-order valence-corrected chi connectivity index (χ4v) is 3.48. The molecule has 0 spiro atoms. The molecule has 1 unspecified atom stereocenters. The second-order valence-electron chi connectivity index (χ2n) is 5.98. The van der Waals surface area contributed by atoms with E-state index in [1.807, 2.05) is 6.92 Å². The van der Waals surface area contributed by atoms with E-state index in [-0.39, 0.29) is 11.9 Å². The maximum absolute atomic E-state index is 12.9. The summed E-state index contributed by atoms with van der Waals surface area (Å²) >= 11 is 1.76. The summed E-state index contributed by atoms with van der Waals surface area (Å²) < 4.78 is 18.7. The Bertz CT molecular complexity index is 715. The van der Waals surface area contributed by atoms with Gasteiger partial charge >= 0.3 is 0 Å². The van der Waals surface area contributed by atoms with Crippen LogP contribution in [0.3, 0.4) is 0 Å². The summed E-state index contributed by atoms with van der Waals surface area (Å²) in [6.07, 6.45) is 1.77. The number of hydrogen-bond donors (Lipinski definition) is 2. The molecule has 0 amide bonds. The summed E-state index contributed by atoms with van der Waals surface area (Å²) in [5.74, 6) is 1.10. The van der Waals surface area contributed by atoms with Crippen LogP contribution in [-0.2, 0) is 12.8 Å². The number of halogens is 1. The molecule has 7 heteroatoms. The minimum Gasteiger partial charge on any atom is -0.489 e. The Balaban J connectivity index is 1.72. The number of aliphatic imine (C=N–C) groups is 1. The van der Waals surface area contributed by atoms with E-state index in [1.165, 1.54) is 22.7 Å². The number of hydrogen-bond acceptors (Lipinski definition) is 4. The highest BCUT2D eigenvalue weighted by molar-refractivity contribution is 7.11. The van der Waals surface area contributed by atoms with E-state index in [0.717, 1.165) is 30.4 Å². The van der Waals surface area contributed by atoms with E-state index >= 15 is 0 Å². The molecule has 0 aliphatic carbocycles. The van der Waals surface area contributed by atoms with Crippen molar-refractivity contribution in [2.24, 2.45) is 4.99 Å². The second-order valence-corrected chi connectivity index (χ2v) is 7.26. The van der Waals surface area contributed by atoms with Gasteiger partial charge in [0.05, 0.1) is 17.2 Å². The molecule has 1 aromatic heterocycles. The first-order valence-corrected chi connectivity index (χ1v) is 9.65. The van der Waals surface area contributed by atoms with E-state index in [2.05, 4.69) is 34.5 Å². The first-order valence-electron chi connectivity index (χ1n) is 8.83. The third kappa shape index (κ3) is 6.29. The first kappa shape index (κ1) is 20.2. The Morgan fingerprint density at radius 3 is 2.65 bits per heavy atom. The van der Waals surface area contributed by atoms with Crippen LogP contribution in [-0.4, -0.2) is 37.2 Å². The summed E-state index contributed by atoms with van der Waals surface area (Å²) in [6, 6.07) is 6.03. The first-order chi connectivity index (χ1) is 12.5. The van der Waals surface area contributed by atoms with Gasteiger partial charge < -0.3 is 15.4 Å². The third-order valence-corrected chi connectivity index (χ3v) is 4.91. The number of nitrogens with zero attached hydrogens (tertiary/aromatic N) is 2. The minimum atomic E-state index is -0.269. The van der Waals surface area contributed by atoms with Gasteiger partial charge in [0.25, 0.3) is 0 Å². The monoisotopic (exact) mass is 378 g/mol. The van der Waals surface area contributed by atoms with E-state index in [9.17, 15) is 4.39 Å². The number of ether oxygens (including phenoxy) is 1. The lowest BCUT2D eigenvalue weighted by Crippen LogP contribution is -2.42. The van der Waals surface area contributed by atoms with Crippen molar-refractivity contribution in [2.45, 2.75) is 39.7 Å². The van der Waals surface area contributed by atoms with Crippen molar-refractivity contribution in [3.63, 3.8) is 0 Å². The maximum atomic E-state index is 12.9. The number of nitrogens with one attached hydrogen (secondary N) is 2. The number of aryl methyl sites for hydroxylation is 2. The number of aromatic nitrogens is 1. The molecule has 0 fully saturated rings. The molecule has 1 heterocycles. The summed E-state index contributed by atoms with van der Waals surface area (Å²) in [7, 11) is 1.74. The lowest BCUT2D eigenvalue weighted by Gasteiger charge is -2.17. The fraction of sp³-hybridized carbons (Fsp3) is 0.474. The lowest BCUT2D eigenvalue weighted by molar-refractivity contribution is 0.223. The SMILES string of the molecule is CCc1nc(CCNC(=NC)NCC(C)Oc2ccc(F)cc2)sc1C. The molecule has 2 N–H and O–H groups in total. The largest absolute Gasteiger partial charge is 0.489 e. The van der Waals surface area contributed by atoms with Gasteiger partial charge in [0.1, 0.15) is 17.7 Å². The van der Waals surface area contributed by atoms with Gasteiger partial charge in [-0.1, -0.05) is 6.92 Å². The maximum Gasteiger partial charge on any atom is 0.191 e. The molecule has 0 aliphatic rings. The number of guanidine groups is 1. The van der Waals surface area contributed by atoms with Crippen LogP contribution in [0.2, 0.25) is 0 Å². The van der Waals surface area contributed by atoms with Gasteiger partial charge in [-0.05, 0) is 44.5 Å². The highest BCUT2D eigenvalue weighted by Crippen LogP contribution is 2.18. The van der Waals surface area contributed by atoms with Gasteiger partial charge in [0.15, 0.2) is 5.96 Å². The van der Waals surface area contributed by atoms with E-state index in [4.69, 9.17) is 4.74 Å². The van der Waals surface area contributed by atoms with Crippen LogP contribution in [0.15, 0.2) is 29.3 Å². The molecule has 142 valence electrons. The predicted octanol–water partition coefficient (Wildman–Crippen LogP) is 3.33. The third-order valence-electron chi connectivity index (χ3n) is 3.83. The van der Waals surface area contributed by atoms with Crippen molar-refractivity contribution in [1.82, 2.24) is 15.6 Å². The second kappa shape index (κ2) is 10.1. The van der Waals surface area contributed by atoms with Crippen molar-refractivity contribution >= 4 is 17.3 Å². The molecule has 2 rings (SSSR count). The Morgan fingerprint density at radius 1 is 1.31 bits per heavy atom. The Kier molecular flexibility index (Phi) is 7.84. The van der Waals surface area contributed by atoms with Crippen LogP contribution in [0.4, 0.5) is 4.39 Å². The number of rotatable bonds is 8. The van der Waals surface area contributed by atoms with Gasteiger partial charge in [-0.25, -0.2) is 9.37 Å². The lowest BCUT2D eigenvalue weighted by atomic mass is 10.3. The van der Waals surface area contributed by atoms with Crippen LogP contribution >= 0.6 is 11.3 Å². The van der Waals surface area contributed by atoms with Crippen LogP contribution in [0.1, 0.15) is 29.4 Å². The quantitative estimate of drug-likeness (QED) is 0.546. The van der Waals surface area contributed by atoms with E-state index < -0.39 is 0 Å². The number of benzene rings is 1. The van der Waals surface area contributed by atoms with Crippen molar-refractivity contribution in [1.29, 1.82) is 0 Å². The van der Waals surface area contributed by atoms with Crippen molar-refractivity contribution in [3.05, 3.63) is 45.7 Å². The summed E-state index contributed by atoms with van der Waals surface area (Å²) in [4.78, 5) is 10.2. The average molecular weight is 379 g/mol. The topological polar surface area (TPSA) is 58.5 Å². The van der Waals surface area contributed by atoms with Gasteiger partial charge in [0, 0.05) is 24.9 Å². The summed E-state index contributed by atoms with van der Waals surface area (Å²) in [6.45, 7) is 7.56. The van der Waals surface area contributed by atoms with Gasteiger partial charge in [-0.3, -0.25) is 4.99 Å². The predicted molar refractivity (Wildman–Crippen MR) is 106 cm³/mol. The van der Waals surface area contributed by atoms with E-state index in [1.54, 1.807) is 30.5 Å². The standard InChI is InChI=1S/C19H27FN4OS/c1-5-17-14(3)26-18(24-17)10-11-22-19(21-4)23-12-13(2)25-16-8-6-15(20)7-9-16/h6-9,13H,5,10-12H2,1-4H3,(H2,21,22,23). The van der Waals surface area contributed by atoms with E-state index in [0.29, 0.717) is 12.3 Å². The zero-order valence-corrected chi connectivity index (χ0v) is 16.6. The highest BCUT2D eigenvalue weighted by atomic mass is 32.1. The smallest absolute Gasteiger partial charge is 0.191 e. The molecule has 0 saturated carbocycles. The number of thiazole rings is 1. The van der Waals surface area contributed by atoms with Gasteiger partial charge in [-0.2, -0.15) is 0 Å². The van der Waals surface area contributed by atoms with Crippen molar-refractivity contribution in [3.8, 4) is 5.75 Å². The van der Waals surface area contributed by atoms with Crippen LogP contribution in [0.25, 0.3) is 0 Å². The molecule has 0 radical (unpaired) electrons. The minimum absolute atomic E-state index is 0.0762. The van der Waals surface area contributed by atoms with Crippen LogP contribution < -0.4 is 15.4 Å². The molecule has 5 nitrogen and oxygen atoms in total. The average Bonchev–Trinajstić information content (AvgIpc) is 2.99. The van der Waals surface area contributed by atoms with Crippen LogP contribution in [0, 0.1) is 12.7 Å².